The van der Waals surface area contributed by atoms with Gasteiger partial charge in [-0.1, -0.05) is 55.1 Å². The standard InChI is InChI=1S/C24H28N4OS2/c1-5-15-28-22(16-30-19-12-8-7-9-13-19)26-27-24(28)31-21(6-2)23(29)25-20-14-10-11-17(3)18(20)4/h5,7-14,21H,1,6,15-16H2,2-4H3,(H,25,29). The zero-order valence-corrected chi connectivity index (χ0v) is 19.8. The minimum atomic E-state index is -0.262. The van der Waals surface area contributed by atoms with Crippen molar-refractivity contribution in [3.8, 4) is 0 Å². The van der Waals surface area contributed by atoms with Gasteiger partial charge in [-0.25, -0.2) is 0 Å². The largest absolute Gasteiger partial charge is 0.325 e. The van der Waals surface area contributed by atoms with E-state index in [4.69, 9.17) is 0 Å². The van der Waals surface area contributed by atoms with Crippen molar-refractivity contribution in [1.82, 2.24) is 14.8 Å². The SMILES string of the molecule is C=CCn1c(CSc2ccccc2)nnc1SC(CC)C(=O)Nc1cccc(C)c1C. The van der Waals surface area contributed by atoms with E-state index in [9.17, 15) is 4.79 Å². The number of thioether (sulfide) groups is 2. The minimum Gasteiger partial charge on any atom is -0.325 e. The predicted octanol–water partition coefficient (Wildman–Crippen LogP) is 5.88. The molecule has 1 atom stereocenters. The highest BCUT2D eigenvalue weighted by Crippen LogP contribution is 2.29. The first-order valence-corrected chi connectivity index (χ1v) is 12.1. The molecule has 0 aliphatic carbocycles. The van der Waals surface area contributed by atoms with Crippen LogP contribution in [-0.2, 0) is 17.1 Å². The van der Waals surface area contributed by atoms with Crippen LogP contribution in [0.25, 0.3) is 0 Å². The van der Waals surface area contributed by atoms with Gasteiger partial charge in [0.2, 0.25) is 5.91 Å². The lowest BCUT2D eigenvalue weighted by atomic mass is 10.1. The van der Waals surface area contributed by atoms with Gasteiger partial charge in [-0.05, 0) is 49.6 Å². The van der Waals surface area contributed by atoms with Crippen molar-refractivity contribution >= 4 is 35.1 Å². The molecular formula is C24H28N4OS2. The number of hydrogen-bond acceptors (Lipinski definition) is 5. The monoisotopic (exact) mass is 452 g/mol. The maximum Gasteiger partial charge on any atom is 0.237 e. The second-order valence-corrected chi connectivity index (χ2v) is 9.37. The van der Waals surface area contributed by atoms with Gasteiger partial charge in [0.15, 0.2) is 5.16 Å². The number of allylic oxidation sites excluding steroid dienone is 1. The van der Waals surface area contributed by atoms with E-state index < -0.39 is 0 Å². The number of carbonyl (C=O) groups excluding carboxylic acids is 1. The molecule has 1 aromatic heterocycles. The molecule has 0 bridgehead atoms. The Morgan fingerprint density at radius 3 is 2.65 bits per heavy atom. The van der Waals surface area contributed by atoms with E-state index in [2.05, 4.69) is 34.2 Å². The Morgan fingerprint density at radius 1 is 1.16 bits per heavy atom. The number of hydrogen-bond donors (Lipinski definition) is 1. The number of aryl methyl sites for hydroxylation is 1. The van der Waals surface area contributed by atoms with E-state index in [-0.39, 0.29) is 11.2 Å². The maximum absolute atomic E-state index is 13.0. The number of amides is 1. The van der Waals surface area contributed by atoms with Crippen LogP contribution in [0.2, 0.25) is 0 Å². The van der Waals surface area contributed by atoms with E-state index in [1.54, 1.807) is 11.8 Å². The number of carbonyl (C=O) groups is 1. The third-order valence-electron chi connectivity index (χ3n) is 4.99. The van der Waals surface area contributed by atoms with Gasteiger partial charge < -0.3 is 9.88 Å². The van der Waals surface area contributed by atoms with Crippen molar-refractivity contribution < 1.29 is 4.79 Å². The lowest BCUT2D eigenvalue weighted by Crippen LogP contribution is -2.25. The Morgan fingerprint density at radius 2 is 1.94 bits per heavy atom. The highest BCUT2D eigenvalue weighted by Gasteiger charge is 2.23. The number of rotatable bonds is 10. The van der Waals surface area contributed by atoms with E-state index in [1.165, 1.54) is 16.7 Å². The van der Waals surface area contributed by atoms with E-state index >= 15 is 0 Å². The molecule has 1 unspecified atom stereocenters. The first-order chi connectivity index (χ1) is 15.0. The fraction of sp³-hybridized carbons (Fsp3) is 0.292. The van der Waals surface area contributed by atoms with E-state index in [1.807, 2.05) is 67.8 Å². The minimum absolute atomic E-state index is 0.0189. The molecule has 0 aliphatic heterocycles. The van der Waals surface area contributed by atoms with Gasteiger partial charge in [0.25, 0.3) is 0 Å². The summed E-state index contributed by atoms with van der Waals surface area (Å²) in [6.07, 6.45) is 2.53. The summed E-state index contributed by atoms with van der Waals surface area (Å²) in [5.74, 6) is 1.56. The third-order valence-corrected chi connectivity index (χ3v) is 7.34. The molecule has 0 saturated carbocycles. The molecule has 1 amide bonds. The maximum atomic E-state index is 13.0. The lowest BCUT2D eigenvalue weighted by Gasteiger charge is -2.17. The average Bonchev–Trinajstić information content (AvgIpc) is 3.16. The van der Waals surface area contributed by atoms with Gasteiger partial charge in [-0.3, -0.25) is 4.79 Å². The van der Waals surface area contributed by atoms with Crippen LogP contribution in [0.15, 0.2) is 71.2 Å². The van der Waals surface area contributed by atoms with E-state index in [0.29, 0.717) is 18.7 Å². The van der Waals surface area contributed by atoms with E-state index in [0.717, 1.165) is 27.8 Å². The summed E-state index contributed by atoms with van der Waals surface area (Å²) < 4.78 is 2.04. The average molecular weight is 453 g/mol. The molecule has 0 aliphatic rings. The summed E-state index contributed by atoms with van der Waals surface area (Å²) in [5.41, 5.74) is 3.10. The molecule has 3 rings (SSSR count). The Bertz CT molecular complexity index is 1030. The molecule has 162 valence electrons. The van der Waals surface area contributed by atoms with Crippen molar-refractivity contribution in [3.63, 3.8) is 0 Å². The number of anilines is 1. The van der Waals surface area contributed by atoms with Gasteiger partial charge in [0, 0.05) is 17.1 Å². The summed E-state index contributed by atoms with van der Waals surface area (Å²) in [7, 11) is 0. The summed E-state index contributed by atoms with van der Waals surface area (Å²) in [6.45, 7) is 10.6. The molecule has 7 heteroatoms. The molecule has 0 fully saturated rings. The number of benzene rings is 2. The van der Waals surface area contributed by atoms with Gasteiger partial charge in [0.1, 0.15) is 5.82 Å². The van der Waals surface area contributed by atoms with Crippen LogP contribution in [0.1, 0.15) is 30.3 Å². The molecule has 0 radical (unpaired) electrons. The quantitative estimate of drug-likeness (QED) is 0.307. The van der Waals surface area contributed by atoms with Crippen LogP contribution in [-0.4, -0.2) is 25.9 Å². The Labute approximate surface area is 192 Å². The van der Waals surface area contributed by atoms with Gasteiger partial charge in [0.05, 0.1) is 11.0 Å². The topological polar surface area (TPSA) is 59.8 Å². The Balaban J connectivity index is 1.73. The second-order valence-electron chi connectivity index (χ2n) is 7.15. The Hall–Kier alpha value is -2.51. The van der Waals surface area contributed by atoms with Crippen LogP contribution in [0.4, 0.5) is 5.69 Å². The number of nitrogens with zero attached hydrogens (tertiary/aromatic N) is 3. The normalized spacial score (nSPS) is 11.8. The van der Waals surface area contributed by atoms with Crippen molar-refractivity contribution in [2.45, 2.75) is 54.8 Å². The fourth-order valence-corrected chi connectivity index (χ4v) is 4.88. The molecule has 1 heterocycles. The third kappa shape index (κ3) is 6.02. The first kappa shape index (κ1) is 23.2. The molecular weight excluding hydrogens is 424 g/mol. The molecule has 2 aromatic carbocycles. The van der Waals surface area contributed by atoms with Crippen molar-refractivity contribution in [1.29, 1.82) is 0 Å². The summed E-state index contributed by atoms with van der Waals surface area (Å²) in [6, 6.07) is 16.2. The van der Waals surface area contributed by atoms with Crippen LogP contribution in [0.5, 0.6) is 0 Å². The van der Waals surface area contributed by atoms with Crippen molar-refractivity contribution in [2.24, 2.45) is 0 Å². The predicted molar refractivity (Wildman–Crippen MR) is 131 cm³/mol. The summed E-state index contributed by atoms with van der Waals surface area (Å²) >= 11 is 3.17. The van der Waals surface area contributed by atoms with Crippen LogP contribution >= 0.6 is 23.5 Å². The van der Waals surface area contributed by atoms with Crippen LogP contribution in [0, 0.1) is 13.8 Å². The van der Waals surface area contributed by atoms with Crippen LogP contribution in [0.3, 0.4) is 0 Å². The molecule has 31 heavy (non-hydrogen) atoms. The van der Waals surface area contributed by atoms with Gasteiger partial charge >= 0.3 is 0 Å². The zero-order chi connectivity index (χ0) is 22.2. The highest BCUT2D eigenvalue weighted by molar-refractivity contribution is 8.00. The van der Waals surface area contributed by atoms with Gasteiger partial charge in [-0.2, -0.15) is 0 Å². The molecule has 0 saturated heterocycles. The summed E-state index contributed by atoms with van der Waals surface area (Å²) in [4.78, 5) is 14.2. The summed E-state index contributed by atoms with van der Waals surface area (Å²) in [5, 5.41) is 12.4. The molecule has 1 N–H and O–H groups in total. The zero-order valence-electron chi connectivity index (χ0n) is 18.2. The van der Waals surface area contributed by atoms with Crippen molar-refractivity contribution in [2.75, 3.05) is 5.32 Å². The number of nitrogens with one attached hydrogen (secondary N) is 1. The first-order valence-electron chi connectivity index (χ1n) is 10.3. The lowest BCUT2D eigenvalue weighted by molar-refractivity contribution is -0.115. The second kappa shape index (κ2) is 11.2. The van der Waals surface area contributed by atoms with Crippen molar-refractivity contribution in [3.05, 3.63) is 78.1 Å². The highest BCUT2D eigenvalue weighted by atomic mass is 32.2. The van der Waals surface area contributed by atoms with Crippen LogP contribution < -0.4 is 5.32 Å². The number of aromatic nitrogens is 3. The fourth-order valence-electron chi connectivity index (χ4n) is 3.04. The molecule has 0 spiro atoms. The molecule has 3 aromatic rings. The Kier molecular flexibility index (Phi) is 8.37. The van der Waals surface area contributed by atoms with Gasteiger partial charge in [-0.15, -0.1) is 28.5 Å². The molecule has 5 nitrogen and oxygen atoms in total. The smallest absolute Gasteiger partial charge is 0.237 e.